The van der Waals surface area contributed by atoms with Crippen LogP contribution in [-0.2, 0) is 9.53 Å². The molecule has 0 bridgehead atoms. The molecule has 1 aliphatic carbocycles. The Morgan fingerprint density at radius 1 is 1.25 bits per heavy atom. The molecule has 108 valence electrons. The van der Waals surface area contributed by atoms with Crippen LogP contribution in [0.1, 0.15) is 30.1 Å². The SMILES string of the molecule is CCOC(=O)CN(C(=O)c1cc(N)cc(N)c1)C1CC1. The van der Waals surface area contributed by atoms with Crippen LogP contribution >= 0.6 is 0 Å². The molecule has 20 heavy (non-hydrogen) atoms. The van der Waals surface area contributed by atoms with Gasteiger partial charge in [-0.05, 0) is 38.0 Å². The van der Waals surface area contributed by atoms with Crippen LogP contribution in [-0.4, -0.2) is 36.0 Å². The van der Waals surface area contributed by atoms with Gasteiger partial charge in [-0.2, -0.15) is 0 Å². The predicted molar refractivity (Wildman–Crippen MR) is 76.0 cm³/mol. The molecule has 1 amide bonds. The molecule has 1 aromatic carbocycles. The first-order valence-corrected chi connectivity index (χ1v) is 6.64. The van der Waals surface area contributed by atoms with Crippen LogP contribution in [0.15, 0.2) is 18.2 Å². The summed E-state index contributed by atoms with van der Waals surface area (Å²) < 4.78 is 4.90. The van der Waals surface area contributed by atoms with Gasteiger partial charge in [0, 0.05) is 23.0 Å². The van der Waals surface area contributed by atoms with Gasteiger partial charge >= 0.3 is 5.97 Å². The summed E-state index contributed by atoms with van der Waals surface area (Å²) in [5.74, 6) is -0.635. The largest absolute Gasteiger partial charge is 0.465 e. The van der Waals surface area contributed by atoms with Crippen LogP contribution < -0.4 is 11.5 Å². The molecule has 2 rings (SSSR count). The van der Waals surface area contributed by atoms with Gasteiger partial charge in [-0.3, -0.25) is 9.59 Å². The molecular weight excluding hydrogens is 258 g/mol. The molecule has 0 radical (unpaired) electrons. The summed E-state index contributed by atoms with van der Waals surface area (Å²) in [5, 5.41) is 0. The Balaban J connectivity index is 2.16. The van der Waals surface area contributed by atoms with Crippen LogP contribution in [0.3, 0.4) is 0 Å². The van der Waals surface area contributed by atoms with Crippen molar-refractivity contribution in [1.82, 2.24) is 4.90 Å². The van der Waals surface area contributed by atoms with Crippen molar-refractivity contribution in [2.75, 3.05) is 24.6 Å². The number of hydrogen-bond donors (Lipinski definition) is 2. The van der Waals surface area contributed by atoms with Crippen LogP contribution in [0.4, 0.5) is 11.4 Å². The zero-order valence-electron chi connectivity index (χ0n) is 11.5. The molecule has 0 aromatic heterocycles. The Morgan fingerprint density at radius 3 is 2.35 bits per heavy atom. The highest BCUT2D eigenvalue weighted by Gasteiger charge is 2.34. The van der Waals surface area contributed by atoms with Crippen molar-refractivity contribution < 1.29 is 14.3 Å². The van der Waals surface area contributed by atoms with E-state index < -0.39 is 5.97 Å². The van der Waals surface area contributed by atoms with E-state index in [2.05, 4.69) is 0 Å². The summed E-state index contributed by atoms with van der Waals surface area (Å²) in [6, 6.07) is 4.83. The Hall–Kier alpha value is -2.24. The van der Waals surface area contributed by atoms with Gasteiger partial charge in [0.05, 0.1) is 6.61 Å². The van der Waals surface area contributed by atoms with E-state index in [1.807, 2.05) is 0 Å². The summed E-state index contributed by atoms with van der Waals surface area (Å²) in [6.07, 6.45) is 1.81. The maximum Gasteiger partial charge on any atom is 0.325 e. The third kappa shape index (κ3) is 3.40. The minimum atomic E-state index is -0.398. The van der Waals surface area contributed by atoms with Crippen LogP contribution in [0.2, 0.25) is 0 Å². The highest BCUT2D eigenvalue weighted by Crippen LogP contribution is 2.29. The molecule has 0 aliphatic heterocycles. The summed E-state index contributed by atoms with van der Waals surface area (Å²) in [6.45, 7) is 2.00. The highest BCUT2D eigenvalue weighted by atomic mass is 16.5. The maximum atomic E-state index is 12.5. The fourth-order valence-corrected chi connectivity index (χ4v) is 2.06. The number of nitrogens with zero attached hydrogens (tertiary/aromatic N) is 1. The van der Waals surface area contributed by atoms with Crippen molar-refractivity contribution in [2.24, 2.45) is 0 Å². The summed E-state index contributed by atoms with van der Waals surface area (Å²) in [5.41, 5.74) is 12.7. The molecule has 4 N–H and O–H groups in total. The summed E-state index contributed by atoms with van der Waals surface area (Å²) >= 11 is 0. The van der Waals surface area contributed by atoms with Gasteiger partial charge in [0.1, 0.15) is 6.54 Å². The van der Waals surface area contributed by atoms with E-state index in [0.717, 1.165) is 12.8 Å². The molecule has 0 heterocycles. The van der Waals surface area contributed by atoms with E-state index in [-0.39, 0.29) is 18.5 Å². The Morgan fingerprint density at radius 2 is 1.85 bits per heavy atom. The lowest BCUT2D eigenvalue weighted by molar-refractivity contribution is -0.144. The maximum absolute atomic E-state index is 12.5. The number of carbonyl (C=O) groups is 2. The third-order valence-electron chi connectivity index (χ3n) is 3.08. The standard InChI is InChI=1S/C14H19N3O3/c1-2-20-13(18)8-17(12-3-4-12)14(19)9-5-10(15)7-11(16)6-9/h5-7,12H,2-4,8,15-16H2,1H3. The molecule has 1 aromatic rings. The molecule has 0 atom stereocenters. The molecule has 1 saturated carbocycles. The van der Waals surface area contributed by atoms with E-state index in [0.29, 0.717) is 23.5 Å². The third-order valence-corrected chi connectivity index (χ3v) is 3.08. The predicted octanol–water partition coefficient (Wildman–Crippen LogP) is 1.02. The second-order valence-electron chi connectivity index (χ2n) is 4.86. The highest BCUT2D eigenvalue weighted by molar-refractivity contribution is 5.98. The van der Waals surface area contributed by atoms with Crippen LogP contribution in [0.25, 0.3) is 0 Å². The lowest BCUT2D eigenvalue weighted by atomic mass is 10.1. The van der Waals surface area contributed by atoms with Crippen LogP contribution in [0.5, 0.6) is 0 Å². The van der Waals surface area contributed by atoms with Crippen LogP contribution in [0, 0.1) is 0 Å². The van der Waals surface area contributed by atoms with E-state index in [9.17, 15) is 9.59 Å². The van der Waals surface area contributed by atoms with Gasteiger partial charge in [-0.25, -0.2) is 0 Å². The second kappa shape index (κ2) is 5.81. The van der Waals surface area contributed by atoms with E-state index in [4.69, 9.17) is 16.2 Å². The summed E-state index contributed by atoms with van der Waals surface area (Å²) in [7, 11) is 0. The number of benzene rings is 1. The van der Waals surface area contributed by atoms with Gasteiger partial charge in [0.15, 0.2) is 0 Å². The molecule has 6 heteroatoms. The number of esters is 1. The number of hydrogen-bond acceptors (Lipinski definition) is 5. The smallest absolute Gasteiger partial charge is 0.325 e. The first kappa shape index (κ1) is 14.2. The Bertz CT molecular complexity index is 506. The van der Waals surface area contributed by atoms with E-state index >= 15 is 0 Å². The average molecular weight is 277 g/mol. The van der Waals surface area contributed by atoms with Gasteiger partial charge in [-0.15, -0.1) is 0 Å². The van der Waals surface area contributed by atoms with Gasteiger partial charge in [0.25, 0.3) is 5.91 Å². The van der Waals surface area contributed by atoms with Crippen molar-refractivity contribution >= 4 is 23.3 Å². The molecule has 6 nitrogen and oxygen atoms in total. The van der Waals surface area contributed by atoms with Crippen molar-refractivity contribution in [3.05, 3.63) is 23.8 Å². The number of rotatable bonds is 5. The number of nitrogens with two attached hydrogens (primary N) is 2. The lowest BCUT2D eigenvalue weighted by Gasteiger charge is -2.21. The number of anilines is 2. The zero-order chi connectivity index (χ0) is 14.7. The normalized spacial score (nSPS) is 13.8. The first-order valence-electron chi connectivity index (χ1n) is 6.64. The van der Waals surface area contributed by atoms with E-state index in [1.165, 1.54) is 4.90 Å². The number of carbonyl (C=O) groups excluding carboxylic acids is 2. The first-order chi connectivity index (χ1) is 9.51. The quantitative estimate of drug-likeness (QED) is 0.618. The minimum Gasteiger partial charge on any atom is -0.465 e. The van der Waals surface area contributed by atoms with Crippen molar-refractivity contribution in [1.29, 1.82) is 0 Å². The van der Waals surface area contributed by atoms with Crippen molar-refractivity contribution in [3.63, 3.8) is 0 Å². The Kier molecular flexibility index (Phi) is 4.12. The fraction of sp³-hybridized carbons (Fsp3) is 0.429. The summed E-state index contributed by atoms with van der Waals surface area (Å²) in [4.78, 5) is 25.6. The second-order valence-corrected chi connectivity index (χ2v) is 4.86. The van der Waals surface area contributed by atoms with Gasteiger partial charge in [0.2, 0.25) is 0 Å². The topological polar surface area (TPSA) is 98.6 Å². The minimum absolute atomic E-state index is 0.0357. The van der Waals surface area contributed by atoms with Gasteiger partial charge in [-0.1, -0.05) is 0 Å². The van der Waals surface area contributed by atoms with Crippen molar-refractivity contribution in [3.8, 4) is 0 Å². The molecule has 1 aliphatic rings. The number of ether oxygens (including phenoxy) is 1. The van der Waals surface area contributed by atoms with Gasteiger partial charge < -0.3 is 21.1 Å². The molecule has 0 unspecified atom stereocenters. The fourth-order valence-electron chi connectivity index (χ4n) is 2.06. The molecule has 0 spiro atoms. The monoisotopic (exact) mass is 277 g/mol. The molecular formula is C14H19N3O3. The number of nitrogen functional groups attached to an aromatic ring is 2. The Labute approximate surface area is 117 Å². The zero-order valence-corrected chi connectivity index (χ0v) is 11.5. The average Bonchev–Trinajstić information content (AvgIpc) is 3.18. The van der Waals surface area contributed by atoms with E-state index in [1.54, 1.807) is 25.1 Å². The lowest BCUT2D eigenvalue weighted by Crippen LogP contribution is -2.38. The number of amides is 1. The van der Waals surface area contributed by atoms with Crippen molar-refractivity contribution in [2.45, 2.75) is 25.8 Å². The molecule has 0 saturated heterocycles. The molecule has 1 fully saturated rings.